The molecule has 226 valence electrons. The van der Waals surface area contributed by atoms with Gasteiger partial charge in [0.15, 0.2) is 5.75 Å². The van der Waals surface area contributed by atoms with E-state index in [1.807, 2.05) is 0 Å². The van der Waals surface area contributed by atoms with Crippen molar-refractivity contribution in [3.8, 4) is 28.0 Å². The highest BCUT2D eigenvalue weighted by atomic mass is 16.5. The fourth-order valence-corrected chi connectivity index (χ4v) is 8.05. The number of nitrogens with zero attached hydrogens (tertiary/aromatic N) is 1. The van der Waals surface area contributed by atoms with E-state index in [9.17, 15) is 0 Å². The predicted molar refractivity (Wildman–Crippen MR) is 193 cm³/mol. The molecule has 0 spiro atoms. The van der Waals surface area contributed by atoms with Crippen LogP contribution in [-0.4, -0.2) is 0 Å². The number of benzene rings is 6. The van der Waals surface area contributed by atoms with E-state index in [4.69, 9.17) is 4.74 Å². The minimum atomic E-state index is -0.277. The minimum absolute atomic E-state index is 0.183. The summed E-state index contributed by atoms with van der Waals surface area (Å²) >= 11 is 0. The zero-order chi connectivity index (χ0) is 31.6. The van der Waals surface area contributed by atoms with Gasteiger partial charge in [-0.1, -0.05) is 146 Å². The van der Waals surface area contributed by atoms with Gasteiger partial charge in [-0.3, -0.25) is 0 Å². The van der Waals surface area contributed by atoms with Crippen molar-refractivity contribution in [3.63, 3.8) is 0 Å². The maximum Gasteiger partial charge on any atom is 0.151 e. The first kappa shape index (κ1) is 27.7. The monoisotopic (exact) mass is 605 g/mol. The molecule has 0 N–H and O–H groups in total. The molecule has 6 aromatic carbocycles. The molecular weight excluding hydrogens is 571 g/mol. The van der Waals surface area contributed by atoms with Gasteiger partial charge in [-0.25, -0.2) is 0 Å². The van der Waals surface area contributed by atoms with E-state index in [-0.39, 0.29) is 10.8 Å². The number of anilines is 2. The van der Waals surface area contributed by atoms with E-state index >= 15 is 0 Å². The fourth-order valence-electron chi connectivity index (χ4n) is 8.05. The second-order valence-electron chi connectivity index (χ2n) is 13.3. The molecule has 0 amide bonds. The van der Waals surface area contributed by atoms with Crippen molar-refractivity contribution < 1.29 is 4.74 Å². The summed E-state index contributed by atoms with van der Waals surface area (Å²) in [6.45, 7) is 4.70. The highest BCUT2D eigenvalue weighted by Crippen LogP contribution is 2.58. The molecule has 2 aliphatic carbocycles. The largest absolute Gasteiger partial charge is 0.457 e. The Hall–Kier alpha value is -5.60. The second kappa shape index (κ2) is 10.5. The fraction of sp³-hybridized carbons (Fsp3) is 0.111. The maximum absolute atomic E-state index is 6.95. The van der Waals surface area contributed by atoms with E-state index in [2.05, 4.69) is 183 Å². The lowest BCUT2D eigenvalue weighted by Crippen LogP contribution is -2.32. The van der Waals surface area contributed by atoms with Gasteiger partial charge < -0.3 is 9.64 Å². The Morgan fingerprint density at radius 1 is 0.574 bits per heavy atom. The predicted octanol–water partition coefficient (Wildman–Crippen LogP) is 11.3. The van der Waals surface area contributed by atoms with Gasteiger partial charge in [-0.05, 0) is 70.1 Å². The first-order valence-electron chi connectivity index (χ1n) is 16.5. The highest BCUT2D eigenvalue weighted by molar-refractivity contribution is 5.96. The van der Waals surface area contributed by atoms with Gasteiger partial charge in [0, 0.05) is 22.8 Å². The number of rotatable bonds is 4. The average molecular weight is 606 g/mol. The Bertz CT molecular complexity index is 2220. The summed E-state index contributed by atoms with van der Waals surface area (Å²) in [5.74, 6) is 1.87. The number of hydrogen-bond donors (Lipinski definition) is 0. The molecule has 1 aliphatic heterocycles. The molecule has 1 heterocycles. The molecule has 6 aromatic rings. The van der Waals surface area contributed by atoms with Crippen molar-refractivity contribution in [2.45, 2.75) is 31.1 Å². The van der Waals surface area contributed by atoms with Crippen LogP contribution in [0.25, 0.3) is 22.3 Å². The van der Waals surface area contributed by atoms with Crippen LogP contribution in [0, 0.1) is 0 Å². The van der Waals surface area contributed by atoms with E-state index < -0.39 is 0 Å². The van der Waals surface area contributed by atoms with Gasteiger partial charge in [0.2, 0.25) is 0 Å². The number of hydrogen-bond acceptors (Lipinski definition) is 2. The van der Waals surface area contributed by atoms with Gasteiger partial charge in [0.05, 0.1) is 17.1 Å². The Morgan fingerprint density at radius 2 is 1.23 bits per heavy atom. The Labute approximate surface area is 276 Å². The molecule has 0 bridgehead atoms. The van der Waals surface area contributed by atoms with E-state index in [1.54, 1.807) is 0 Å². The average Bonchev–Trinajstić information content (AvgIpc) is 3.40. The van der Waals surface area contributed by atoms with Crippen molar-refractivity contribution in [1.82, 2.24) is 0 Å². The minimum Gasteiger partial charge on any atom is -0.457 e. The molecule has 0 saturated heterocycles. The van der Waals surface area contributed by atoms with Crippen molar-refractivity contribution in [3.05, 3.63) is 198 Å². The van der Waals surface area contributed by atoms with Crippen LogP contribution in [0.1, 0.15) is 42.5 Å². The van der Waals surface area contributed by atoms with Crippen LogP contribution in [-0.2, 0) is 10.8 Å². The molecule has 2 heteroatoms. The number of ether oxygens (including phenoxy) is 1. The van der Waals surface area contributed by atoms with Crippen molar-refractivity contribution in [1.29, 1.82) is 0 Å². The Kier molecular flexibility index (Phi) is 6.17. The summed E-state index contributed by atoms with van der Waals surface area (Å²) in [7, 11) is 0. The topological polar surface area (TPSA) is 12.5 Å². The Morgan fingerprint density at radius 3 is 2.00 bits per heavy atom. The van der Waals surface area contributed by atoms with E-state index in [0.717, 1.165) is 34.9 Å². The first-order chi connectivity index (χ1) is 23.0. The molecule has 47 heavy (non-hydrogen) atoms. The quantitative estimate of drug-likeness (QED) is 0.198. The standard InChI is InChI=1S/C45H35NO/c1-44(33-17-8-4-9-18-33)28-27-39-42(30-44)47-41-29-32(31-15-6-3-7-16-31)25-26-38(41)46(39)40-24-14-23-37-43(40)35-21-12-13-22-36(35)45(37,2)34-19-10-5-11-20-34/h3-29H,30H2,1-2H3. The van der Waals surface area contributed by atoms with Crippen molar-refractivity contribution in [2.75, 3.05) is 4.90 Å². The zero-order valence-corrected chi connectivity index (χ0v) is 26.7. The molecule has 0 fully saturated rings. The summed E-state index contributed by atoms with van der Waals surface area (Å²) in [5, 5.41) is 0. The zero-order valence-electron chi connectivity index (χ0n) is 26.7. The Balaban J connectivity index is 1.27. The lowest BCUT2D eigenvalue weighted by atomic mass is 9.74. The van der Waals surface area contributed by atoms with Crippen molar-refractivity contribution >= 4 is 11.4 Å². The smallest absolute Gasteiger partial charge is 0.151 e. The molecule has 0 radical (unpaired) electrons. The van der Waals surface area contributed by atoms with Gasteiger partial charge in [0.25, 0.3) is 0 Å². The lowest BCUT2D eigenvalue weighted by Gasteiger charge is -2.40. The van der Waals surface area contributed by atoms with E-state index in [0.29, 0.717) is 0 Å². The van der Waals surface area contributed by atoms with Gasteiger partial charge in [-0.2, -0.15) is 0 Å². The van der Waals surface area contributed by atoms with Crippen LogP contribution in [0.5, 0.6) is 5.75 Å². The molecule has 2 atom stereocenters. The normalized spacial score (nSPS) is 20.6. The number of fused-ring (bicyclic) bond motifs is 4. The molecule has 0 saturated carbocycles. The van der Waals surface area contributed by atoms with Crippen LogP contribution >= 0.6 is 0 Å². The third-order valence-electron chi connectivity index (χ3n) is 10.5. The maximum atomic E-state index is 6.95. The SMILES string of the molecule is CC1(c2ccccc2)C=CC2=C(C1)Oc1cc(-c3ccccc3)ccc1N2c1cccc2c1-c1ccccc1C2(C)c1ccccc1. The first-order valence-corrected chi connectivity index (χ1v) is 16.5. The van der Waals surface area contributed by atoms with Crippen LogP contribution in [0.4, 0.5) is 11.4 Å². The summed E-state index contributed by atoms with van der Waals surface area (Å²) in [4.78, 5) is 2.45. The second-order valence-corrected chi connectivity index (χ2v) is 13.3. The molecule has 2 nitrogen and oxygen atoms in total. The summed E-state index contributed by atoms with van der Waals surface area (Å²) in [6.07, 6.45) is 5.42. The molecule has 0 aromatic heterocycles. The van der Waals surface area contributed by atoms with Crippen molar-refractivity contribution in [2.24, 2.45) is 0 Å². The van der Waals surface area contributed by atoms with Gasteiger partial charge in [-0.15, -0.1) is 0 Å². The summed E-state index contributed by atoms with van der Waals surface area (Å²) in [5.41, 5.74) is 13.0. The molecule has 2 unspecified atom stereocenters. The summed E-state index contributed by atoms with van der Waals surface area (Å²) in [6, 6.07) is 54.8. The van der Waals surface area contributed by atoms with Gasteiger partial charge >= 0.3 is 0 Å². The highest BCUT2D eigenvalue weighted by Gasteiger charge is 2.44. The number of allylic oxidation sites excluding steroid dienone is 3. The van der Waals surface area contributed by atoms with Gasteiger partial charge in [0.1, 0.15) is 5.76 Å². The molecule has 3 aliphatic rings. The molecular formula is C45H35NO. The van der Waals surface area contributed by atoms with E-state index in [1.165, 1.54) is 44.6 Å². The summed E-state index contributed by atoms with van der Waals surface area (Å²) < 4.78 is 6.95. The molecule has 9 rings (SSSR count). The third kappa shape index (κ3) is 4.18. The van der Waals surface area contributed by atoms with Crippen LogP contribution in [0.15, 0.2) is 175 Å². The van der Waals surface area contributed by atoms with Crippen LogP contribution in [0.3, 0.4) is 0 Å². The third-order valence-corrected chi connectivity index (χ3v) is 10.5. The van der Waals surface area contributed by atoms with Crippen LogP contribution < -0.4 is 9.64 Å². The lowest BCUT2D eigenvalue weighted by molar-refractivity contribution is 0.355. The van der Waals surface area contributed by atoms with Crippen LogP contribution in [0.2, 0.25) is 0 Å².